The summed E-state index contributed by atoms with van der Waals surface area (Å²) < 4.78 is 5.02. The highest BCUT2D eigenvalue weighted by Crippen LogP contribution is 2.27. The molecule has 3 aromatic carbocycles. The number of para-hydroxylation sites is 1. The van der Waals surface area contributed by atoms with Gasteiger partial charge in [-0.15, -0.1) is 0 Å². The van der Waals surface area contributed by atoms with Crippen LogP contribution in [0.1, 0.15) is 26.3 Å². The fourth-order valence-corrected chi connectivity index (χ4v) is 2.76. The maximum atomic E-state index is 12.2. The summed E-state index contributed by atoms with van der Waals surface area (Å²) in [4.78, 5) is 24.5. The number of carbonyl (C=O) groups excluding carboxylic acids is 2. The van der Waals surface area contributed by atoms with Crippen LogP contribution >= 0.6 is 11.6 Å². The smallest absolute Gasteiger partial charge is 0.271 e. The van der Waals surface area contributed by atoms with Crippen molar-refractivity contribution in [2.75, 3.05) is 12.4 Å². The Morgan fingerprint density at radius 1 is 1.00 bits per heavy atom. The lowest BCUT2D eigenvalue weighted by Gasteiger charge is -2.07. The zero-order valence-corrected chi connectivity index (χ0v) is 16.7. The van der Waals surface area contributed by atoms with Crippen molar-refractivity contribution >= 4 is 35.3 Å². The van der Waals surface area contributed by atoms with Gasteiger partial charge in [-0.1, -0.05) is 23.7 Å². The molecule has 0 aliphatic heterocycles. The van der Waals surface area contributed by atoms with E-state index in [0.717, 1.165) is 0 Å². The number of nitrogens with zero attached hydrogens (tertiary/aromatic N) is 1. The molecule has 0 saturated carbocycles. The summed E-state index contributed by atoms with van der Waals surface area (Å²) in [5.41, 5.74) is 4.09. The molecule has 8 heteroatoms. The quantitative estimate of drug-likeness (QED) is 0.411. The number of rotatable bonds is 6. The molecule has 0 heterocycles. The second-order valence-electron chi connectivity index (χ2n) is 6.14. The third-order valence-electron chi connectivity index (χ3n) is 4.11. The van der Waals surface area contributed by atoms with Gasteiger partial charge in [-0.2, -0.15) is 5.10 Å². The van der Waals surface area contributed by atoms with Crippen LogP contribution in [-0.4, -0.2) is 30.2 Å². The Morgan fingerprint density at radius 2 is 1.73 bits per heavy atom. The van der Waals surface area contributed by atoms with Gasteiger partial charge < -0.3 is 15.2 Å². The number of nitrogens with one attached hydrogen (secondary N) is 2. The summed E-state index contributed by atoms with van der Waals surface area (Å²) in [6.07, 6.45) is 1.31. The first-order valence-electron chi connectivity index (χ1n) is 8.84. The number of hydrazone groups is 1. The molecule has 0 aromatic heterocycles. The lowest BCUT2D eigenvalue weighted by Crippen LogP contribution is -2.18. The zero-order chi connectivity index (χ0) is 21.5. The van der Waals surface area contributed by atoms with Gasteiger partial charge in [0.25, 0.3) is 11.8 Å². The Kier molecular flexibility index (Phi) is 6.67. The summed E-state index contributed by atoms with van der Waals surface area (Å²) >= 11 is 5.90. The number of phenolic OH excluding ortho intramolecular Hbond substituents is 1. The van der Waals surface area contributed by atoms with Crippen LogP contribution in [0.15, 0.2) is 71.8 Å². The van der Waals surface area contributed by atoms with E-state index in [0.29, 0.717) is 33.1 Å². The first kappa shape index (κ1) is 20.9. The predicted octanol–water partition coefficient (Wildman–Crippen LogP) is 4.07. The molecule has 0 aliphatic rings. The lowest BCUT2D eigenvalue weighted by molar-refractivity contribution is 0.0954. The molecule has 0 spiro atoms. The molecule has 7 nitrogen and oxygen atoms in total. The van der Waals surface area contributed by atoms with E-state index in [-0.39, 0.29) is 11.7 Å². The third kappa shape index (κ3) is 5.15. The second-order valence-corrected chi connectivity index (χ2v) is 6.58. The average molecular weight is 424 g/mol. The van der Waals surface area contributed by atoms with Crippen molar-refractivity contribution in [1.29, 1.82) is 0 Å². The van der Waals surface area contributed by atoms with E-state index in [1.165, 1.54) is 13.3 Å². The van der Waals surface area contributed by atoms with Gasteiger partial charge in [0, 0.05) is 27.4 Å². The molecule has 3 rings (SSSR count). The number of hydrogen-bond acceptors (Lipinski definition) is 5. The van der Waals surface area contributed by atoms with Crippen LogP contribution in [0.4, 0.5) is 5.69 Å². The molecule has 0 saturated heterocycles. The van der Waals surface area contributed by atoms with Crippen molar-refractivity contribution in [3.63, 3.8) is 0 Å². The molecule has 0 atom stereocenters. The van der Waals surface area contributed by atoms with Gasteiger partial charge in [0.05, 0.1) is 13.3 Å². The molecule has 0 radical (unpaired) electrons. The van der Waals surface area contributed by atoms with Gasteiger partial charge >= 0.3 is 0 Å². The molecular formula is C22H18ClN3O4. The van der Waals surface area contributed by atoms with Gasteiger partial charge in [0.15, 0.2) is 11.5 Å². The number of hydrogen-bond donors (Lipinski definition) is 3. The van der Waals surface area contributed by atoms with Crippen molar-refractivity contribution in [1.82, 2.24) is 5.43 Å². The van der Waals surface area contributed by atoms with Gasteiger partial charge in [-0.05, 0) is 54.6 Å². The van der Waals surface area contributed by atoms with Crippen LogP contribution in [0.3, 0.4) is 0 Å². The zero-order valence-electron chi connectivity index (χ0n) is 15.9. The van der Waals surface area contributed by atoms with Crippen molar-refractivity contribution in [3.05, 3.63) is 88.4 Å². The Labute approximate surface area is 178 Å². The minimum atomic E-state index is -0.443. The predicted molar refractivity (Wildman–Crippen MR) is 116 cm³/mol. The number of halogens is 1. The maximum Gasteiger partial charge on any atom is 0.271 e. The highest BCUT2D eigenvalue weighted by molar-refractivity contribution is 6.31. The molecule has 2 amide bonds. The largest absolute Gasteiger partial charge is 0.504 e. The molecule has 3 N–H and O–H groups in total. The topological polar surface area (TPSA) is 100 Å². The SMILES string of the molecule is COc1cccc(C=NNC(=O)c2ccc(NC(=O)c3cccc(Cl)c3)cc2)c1O. The van der Waals surface area contributed by atoms with Crippen molar-refractivity contribution in [2.45, 2.75) is 0 Å². The van der Waals surface area contributed by atoms with Crippen molar-refractivity contribution in [2.24, 2.45) is 5.10 Å². The molecule has 0 fully saturated rings. The molecular weight excluding hydrogens is 406 g/mol. The van der Waals surface area contributed by atoms with Crippen LogP contribution in [0, 0.1) is 0 Å². The number of benzene rings is 3. The molecule has 0 aliphatic carbocycles. The highest BCUT2D eigenvalue weighted by atomic mass is 35.5. The average Bonchev–Trinajstić information content (AvgIpc) is 2.75. The number of anilines is 1. The Bertz CT molecular complexity index is 1100. The number of methoxy groups -OCH3 is 1. The van der Waals surface area contributed by atoms with Crippen molar-refractivity contribution in [3.8, 4) is 11.5 Å². The van der Waals surface area contributed by atoms with E-state index in [1.54, 1.807) is 66.7 Å². The fourth-order valence-electron chi connectivity index (χ4n) is 2.57. The number of ether oxygens (including phenoxy) is 1. The standard InChI is InChI=1S/C22H18ClN3O4/c1-30-19-7-3-5-16(20(19)27)13-24-26-22(29)14-8-10-18(11-9-14)25-21(28)15-4-2-6-17(23)12-15/h2-13,27H,1H3,(H,25,28)(H,26,29). The number of phenols is 1. The Morgan fingerprint density at radius 3 is 2.43 bits per heavy atom. The second kappa shape index (κ2) is 9.58. The maximum absolute atomic E-state index is 12.2. The van der Waals surface area contributed by atoms with E-state index in [2.05, 4.69) is 15.8 Å². The molecule has 0 bridgehead atoms. The van der Waals surface area contributed by atoms with Crippen LogP contribution in [0.5, 0.6) is 11.5 Å². The lowest BCUT2D eigenvalue weighted by atomic mass is 10.1. The van der Waals surface area contributed by atoms with Crippen molar-refractivity contribution < 1.29 is 19.4 Å². The van der Waals surface area contributed by atoms with E-state index < -0.39 is 5.91 Å². The van der Waals surface area contributed by atoms with Crippen LogP contribution in [-0.2, 0) is 0 Å². The van der Waals surface area contributed by atoms with Gasteiger partial charge in [-0.3, -0.25) is 9.59 Å². The molecule has 30 heavy (non-hydrogen) atoms. The van der Waals surface area contributed by atoms with E-state index >= 15 is 0 Å². The van der Waals surface area contributed by atoms with E-state index in [1.807, 2.05) is 0 Å². The molecule has 3 aromatic rings. The van der Waals surface area contributed by atoms with Gasteiger partial charge in [-0.25, -0.2) is 5.43 Å². The molecule has 0 unspecified atom stereocenters. The molecule has 152 valence electrons. The summed E-state index contributed by atoms with van der Waals surface area (Å²) in [5.74, 6) is -0.516. The number of aromatic hydroxyl groups is 1. The summed E-state index contributed by atoms with van der Waals surface area (Å²) in [5, 5.41) is 17.1. The minimum Gasteiger partial charge on any atom is -0.504 e. The van der Waals surface area contributed by atoms with Crippen LogP contribution in [0.2, 0.25) is 5.02 Å². The van der Waals surface area contributed by atoms with E-state index in [4.69, 9.17) is 16.3 Å². The minimum absolute atomic E-state index is 0.0715. The Hall–Kier alpha value is -3.84. The summed E-state index contributed by atoms with van der Waals surface area (Å²) in [6, 6.07) is 17.9. The monoisotopic (exact) mass is 423 g/mol. The highest BCUT2D eigenvalue weighted by Gasteiger charge is 2.09. The Balaban J connectivity index is 1.60. The third-order valence-corrected chi connectivity index (χ3v) is 4.35. The number of amides is 2. The summed E-state index contributed by atoms with van der Waals surface area (Å²) in [7, 11) is 1.44. The first-order chi connectivity index (χ1) is 14.5. The first-order valence-corrected chi connectivity index (χ1v) is 9.22. The normalized spacial score (nSPS) is 10.6. The van der Waals surface area contributed by atoms with Crippen LogP contribution < -0.4 is 15.5 Å². The van der Waals surface area contributed by atoms with Gasteiger partial charge in [0.2, 0.25) is 0 Å². The number of carbonyl (C=O) groups is 2. The van der Waals surface area contributed by atoms with Gasteiger partial charge in [0.1, 0.15) is 0 Å². The summed E-state index contributed by atoms with van der Waals surface area (Å²) in [6.45, 7) is 0. The fraction of sp³-hybridized carbons (Fsp3) is 0.0455. The van der Waals surface area contributed by atoms with Crippen LogP contribution in [0.25, 0.3) is 0 Å². The van der Waals surface area contributed by atoms with E-state index in [9.17, 15) is 14.7 Å².